The molecule has 0 saturated heterocycles. The minimum Gasteiger partial charge on any atom is -0.461 e. The van der Waals surface area contributed by atoms with E-state index in [1.54, 1.807) is 12.5 Å². The second kappa shape index (κ2) is 9.60. The van der Waals surface area contributed by atoms with Crippen molar-refractivity contribution in [1.82, 2.24) is 0 Å². The average Bonchev–Trinajstić information content (AvgIpc) is 3.02. The lowest BCUT2D eigenvalue weighted by Crippen LogP contribution is -2.60. The molecule has 0 spiro atoms. The summed E-state index contributed by atoms with van der Waals surface area (Å²) < 4.78 is 12.2. The largest absolute Gasteiger partial charge is 0.461 e. The normalized spacial score (nSPS) is 42.6. The number of aliphatic hydroxyl groups is 2. The second-order valence-electron chi connectivity index (χ2n) is 14.7. The van der Waals surface area contributed by atoms with Gasteiger partial charge in [0, 0.05) is 11.5 Å². The summed E-state index contributed by atoms with van der Waals surface area (Å²) in [6, 6.07) is 0. The van der Waals surface area contributed by atoms with Gasteiger partial charge in [-0.25, -0.2) is 0 Å². The molecule has 0 radical (unpaired) electrons. The third-order valence-electron chi connectivity index (χ3n) is 12.0. The highest BCUT2D eigenvalue weighted by Gasteiger charge is 2.69. The van der Waals surface area contributed by atoms with Gasteiger partial charge in [0.2, 0.25) is 0 Å². The van der Waals surface area contributed by atoms with Gasteiger partial charge >= 0.3 is 5.97 Å². The molecule has 0 bridgehead atoms. The molecular weight excluding hydrogens is 480 g/mol. The quantitative estimate of drug-likeness (QED) is 0.235. The van der Waals surface area contributed by atoms with Crippen LogP contribution in [0.3, 0.4) is 0 Å². The Labute approximate surface area is 226 Å². The Bertz CT molecular complexity index is 936. The molecule has 0 aromatic carbocycles. The highest BCUT2D eigenvalue weighted by atomic mass is 28.4. The van der Waals surface area contributed by atoms with Gasteiger partial charge in [-0.3, -0.25) is 4.79 Å². The number of carbonyl (C=O) groups excluding carboxylic acids is 1. The van der Waals surface area contributed by atoms with Gasteiger partial charge in [-0.1, -0.05) is 58.9 Å². The summed E-state index contributed by atoms with van der Waals surface area (Å²) in [7, 11) is -1.81. The SMILES string of the molecule is C=CCOC(=O)[C@@H](C)[C@@]1(O)[C@H](O)C[C@H]2[C@@H]3CC=C4C[C@@H](O[Si](C)(C)C(C)(C)C)CC[C@]4(C)[C@H]3CC[C@@]21C. The number of hydrogen-bond donors (Lipinski definition) is 2. The number of carbonyl (C=O) groups is 1. The maximum absolute atomic E-state index is 12.8. The van der Waals surface area contributed by atoms with Crippen LogP contribution in [0, 0.1) is 34.5 Å². The monoisotopic (exact) mass is 532 g/mol. The number of ether oxygens (including phenoxy) is 1. The van der Waals surface area contributed by atoms with E-state index >= 15 is 0 Å². The van der Waals surface area contributed by atoms with Crippen LogP contribution in [0.25, 0.3) is 0 Å². The molecule has 0 heterocycles. The predicted molar refractivity (Wildman–Crippen MR) is 150 cm³/mol. The fourth-order valence-electron chi connectivity index (χ4n) is 8.60. The lowest BCUT2D eigenvalue weighted by molar-refractivity contribution is -0.196. The molecule has 0 aromatic heterocycles. The zero-order valence-corrected chi connectivity index (χ0v) is 25.6. The van der Waals surface area contributed by atoms with Crippen molar-refractivity contribution in [3.05, 3.63) is 24.3 Å². The summed E-state index contributed by atoms with van der Waals surface area (Å²) in [5, 5.41) is 23.5. The van der Waals surface area contributed by atoms with E-state index in [4.69, 9.17) is 9.16 Å². The van der Waals surface area contributed by atoms with Gasteiger partial charge in [0.1, 0.15) is 12.2 Å². The first-order valence-corrected chi connectivity index (χ1v) is 17.5. The van der Waals surface area contributed by atoms with E-state index in [0.717, 1.165) is 38.5 Å². The fraction of sp³-hybridized carbons (Fsp3) is 0.839. The molecule has 3 fully saturated rings. The maximum atomic E-state index is 12.8. The molecule has 0 unspecified atom stereocenters. The van der Waals surface area contributed by atoms with Gasteiger partial charge in [-0.05, 0) is 93.2 Å². The van der Waals surface area contributed by atoms with Crippen molar-refractivity contribution in [2.75, 3.05) is 6.61 Å². The molecule has 3 saturated carbocycles. The van der Waals surface area contributed by atoms with E-state index in [1.807, 2.05) is 0 Å². The fourth-order valence-corrected chi connectivity index (χ4v) is 9.99. The van der Waals surface area contributed by atoms with Crippen molar-refractivity contribution < 1.29 is 24.2 Å². The van der Waals surface area contributed by atoms with Crippen LogP contribution in [0.15, 0.2) is 24.3 Å². The average molecular weight is 533 g/mol. The van der Waals surface area contributed by atoms with E-state index in [0.29, 0.717) is 24.4 Å². The molecular formula is C31H52O5Si. The van der Waals surface area contributed by atoms with Crippen molar-refractivity contribution in [2.45, 2.75) is 122 Å². The van der Waals surface area contributed by atoms with Crippen LogP contribution < -0.4 is 0 Å². The molecule has 6 heteroatoms. The lowest BCUT2D eigenvalue weighted by atomic mass is 9.46. The van der Waals surface area contributed by atoms with Gasteiger partial charge < -0.3 is 19.4 Å². The molecule has 2 N–H and O–H groups in total. The number of hydrogen-bond acceptors (Lipinski definition) is 5. The predicted octanol–water partition coefficient (Wildman–Crippen LogP) is 6.41. The van der Waals surface area contributed by atoms with Gasteiger partial charge in [0.05, 0.1) is 12.0 Å². The smallest absolute Gasteiger partial charge is 0.312 e. The van der Waals surface area contributed by atoms with Gasteiger partial charge in [0.15, 0.2) is 8.32 Å². The summed E-state index contributed by atoms with van der Waals surface area (Å²) in [5.41, 5.74) is -0.287. The molecule has 4 aliphatic rings. The standard InChI is InChI=1S/C31H52O5Si/c1-10-17-35-27(33)20(2)31(34)26(32)19-25-23-12-11-21-18-22(36-37(8,9)28(3,4)5)13-15-29(21,6)24(23)14-16-30(25,31)7/h10-11,20,22-26,32,34H,1,12-19H2,2-9H3/t20-,22+,23-,24+,25+,26-,29+,30+,31-/m1/s1. The van der Waals surface area contributed by atoms with Crippen LogP contribution in [0.5, 0.6) is 0 Å². The molecule has 0 aromatic rings. The Morgan fingerprint density at radius 2 is 1.92 bits per heavy atom. The minimum absolute atomic E-state index is 0.117. The highest BCUT2D eigenvalue weighted by molar-refractivity contribution is 6.74. The van der Waals surface area contributed by atoms with Crippen molar-refractivity contribution in [3.8, 4) is 0 Å². The Morgan fingerprint density at radius 3 is 2.54 bits per heavy atom. The summed E-state index contributed by atoms with van der Waals surface area (Å²) in [5.74, 6) is -0.121. The van der Waals surface area contributed by atoms with Gasteiger partial charge in [0.25, 0.3) is 0 Å². The maximum Gasteiger partial charge on any atom is 0.312 e. The molecule has 0 amide bonds. The lowest BCUT2D eigenvalue weighted by Gasteiger charge is -2.59. The summed E-state index contributed by atoms with van der Waals surface area (Å²) in [6.45, 7) is 21.7. The van der Waals surface area contributed by atoms with Crippen LogP contribution in [0.1, 0.15) is 86.5 Å². The number of allylic oxidation sites excluding steroid dienone is 1. The van der Waals surface area contributed by atoms with Crippen molar-refractivity contribution in [1.29, 1.82) is 0 Å². The zero-order chi connectivity index (χ0) is 27.6. The molecule has 37 heavy (non-hydrogen) atoms. The first-order valence-electron chi connectivity index (χ1n) is 14.6. The van der Waals surface area contributed by atoms with Crippen molar-refractivity contribution in [3.63, 3.8) is 0 Å². The molecule has 4 rings (SSSR count). The van der Waals surface area contributed by atoms with Crippen molar-refractivity contribution >= 4 is 14.3 Å². The molecule has 210 valence electrons. The first kappa shape index (κ1) is 29.0. The topological polar surface area (TPSA) is 76.0 Å². The molecule has 9 atom stereocenters. The highest BCUT2D eigenvalue weighted by Crippen LogP contribution is 2.68. The van der Waals surface area contributed by atoms with E-state index in [9.17, 15) is 15.0 Å². The Morgan fingerprint density at radius 1 is 1.24 bits per heavy atom. The van der Waals surface area contributed by atoms with E-state index in [2.05, 4.69) is 60.4 Å². The first-order chi connectivity index (χ1) is 17.0. The van der Waals surface area contributed by atoms with Crippen LogP contribution in [-0.4, -0.2) is 48.9 Å². The Balaban J connectivity index is 1.56. The number of esters is 1. The van der Waals surface area contributed by atoms with Crippen LogP contribution in [-0.2, 0) is 14.0 Å². The van der Waals surface area contributed by atoms with Gasteiger partial charge in [-0.15, -0.1) is 0 Å². The van der Waals surface area contributed by atoms with Crippen LogP contribution in [0.4, 0.5) is 0 Å². The second-order valence-corrected chi connectivity index (χ2v) is 19.4. The molecule has 0 aliphatic heterocycles. The van der Waals surface area contributed by atoms with Crippen LogP contribution >= 0.6 is 0 Å². The minimum atomic E-state index is -1.81. The molecule has 4 aliphatic carbocycles. The molecule has 5 nitrogen and oxygen atoms in total. The number of fused-ring (bicyclic) bond motifs is 5. The summed E-state index contributed by atoms with van der Waals surface area (Å²) in [6.07, 6.45) is 10.0. The Kier molecular flexibility index (Phi) is 7.54. The Hall–Kier alpha value is -0.953. The van der Waals surface area contributed by atoms with E-state index in [-0.39, 0.29) is 23.0 Å². The summed E-state index contributed by atoms with van der Waals surface area (Å²) >= 11 is 0. The van der Waals surface area contributed by atoms with E-state index in [1.165, 1.54) is 6.08 Å². The van der Waals surface area contributed by atoms with Gasteiger partial charge in [-0.2, -0.15) is 0 Å². The third kappa shape index (κ3) is 4.42. The number of rotatable bonds is 6. The van der Waals surface area contributed by atoms with E-state index < -0.39 is 37.3 Å². The number of aliphatic hydroxyl groups excluding tert-OH is 1. The van der Waals surface area contributed by atoms with Crippen molar-refractivity contribution in [2.24, 2.45) is 34.5 Å². The summed E-state index contributed by atoms with van der Waals surface area (Å²) in [4.78, 5) is 12.8. The zero-order valence-electron chi connectivity index (χ0n) is 24.6. The third-order valence-corrected chi connectivity index (χ3v) is 16.5. The van der Waals surface area contributed by atoms with Crippen LogP contribution in [0.2, 0.25) is 18.1 Å².